The first kappa shape index (κ1) is 10.0. The molecule has 1 aromatic carbocycles. The fraction of sp³-hybridized carbons (Fsp3) is 0.400. The minimum absolute atomic E-state index is 0.657. The molecule has 0 unspecified atom stereocenters. The number of hydrogen-bond acceptors (Lipinski definition) is 3. The van der Waals surface area contributed by atoms with Gasteiger partial charge in [0.05, 0.1) is 12.3 Å². The van der Waals surface area contributed by atoms with Crippen LogP contribution in [0.2, 0.25) is 0 Å². The van der Waals surface area contributed by atoms with Crippen molar-refractivity contribution in [3.8, 4) is 0 Å². The van der Waals surface area contributed by atoms with Crippen molar-refractivity contribution in [2.24, 2.45) is 5.73 Å². The van der Waals surface area contributed by atoms with Crippen LogP contribution in [0.5, 0.6) is 0 Å². The van der Waals surface area contributed by atoms with E-state index in [1.165, 1.54) is 5.56 Å². The number of hydrogen-bond donors (Lipinski definition) is 2. The topological polar surface area (TPSA) is 47.3 Å². The number of anilines is 1. The summed E-state index contributed by atoms with van der Waals surface area (Å²) in [6, 6.07) is 8.07. The molecule has 0 aliphatic carbocycles. The Kier molecular flexibility index (Phi) is 4.29. The molecule has 3 N–H and O–H groups in total. The Labute approximate surface area is 78.8 Å². The van der Waals surface area contributed by atoms with Gasteiger partial charge in [-0.25, -0.2) is 0 Å². The zero-order valence-electron chi connectivity index (χ0n) is 7.92. The van der Waals surface area contributed by atoms with E-state index in [-0.39, 0.29) is 0 Å². The van der Waals surface area contributed by atoms with Crippen molar-refractivity contribution in [3.63, 3.8) is 0 Å². The Hall–Kier alpha value is -1.06. The van der Waals surface area contributed by atoms with E-state index in [1.54, 1.807) is 0 Å². The summed E-state index contributed by atoms with van der Waals surface area (Å²) >= 11 is 0. The van der Waals surface area contributed by atoms with Crippen molar-refractivity contribution in [3.05, 3.63) is 29.8 Å². The molecule has 13 heavy (non-hydrogen) atoms. The largest absolute Gasteiger partial charge is 0.330 e. The molecular formula is C10H16N2O. The van der Waals surface area contributed by atoms with E-state index in [0.717, 1.165) is 12.1 Å². The predicted octanol–water partition coefficient (Wildman–Crippen LogP) is 1.55. The predicted molar refractivity (Wildman–Crippen MR) is 54.4 cm³/mol. The van der Waals surface area contributed by atoms with Gasteiger partial charge in [0, 0.05) is 0 Å². The first-order valence-corrected chi connectivity index (χ1v) is 4.53. The van der Waals surface area contributed by atoms with E-state index >= 15 is 0 Å². The van der Waals surface area contributed by atoms with Crippen LogP contribution >= 0.6 is 0 Å². The third kappa shape index (κ3) is 3.44. The molecule has 0 radical (unpaired) electrons. The van der Waals surface area contributed by atoms with Gasteiger partial charge < -0.3 is 5.73 Å². The third-order valence-corrected chi connectivity index (χ3v) is 1.72. The van der Waals surface area contributed by atoms with Gasteiger partial charge in [0.2, 0.25) is 0 Å². The molecule has 3 heteroatoms. The standard InChI is InChI=1S/C10H16N2O/c1-2-13-12-10-5-3-9(4-6-10)7-8-11/h3-6,12H,2,7-8,11H2,1H3. The second-order valence-corrected chi connectivity index (χ2v) is 2.77. The van der Waals surface area contributed by atoms with E-state index in [9.17, 15) is 0 Å². The van der Waals surface area contributed by atoms with Gasteiger partial charge in [-0.05, 0) is 37.6 Å². The number of nitrogens with one attached hydrogen (secondary N) is 1. The maximum atomic E-state index is 5.44. The smallest absolute Gasteiger partial charge is 0.0717 e. The van der Waals surface area contributed by atoms with Crippen LogP contribution in [-0.4, -0.2) is 13.2 Å². The van der Waals surface area contributed by atoms with Crippen molar-refractivity contribution < 1.29 is 4.84 Å². The van der Waals surface area contributed by atoms with E-state index in [2.05, 4.69) is 5.48 Å². The fourth-order valence-electron chi connectivity index (χ4n) is 1.06. The molecule has 0 aliphatic heterocycles. The fourth-order valence-corrected chi connectivity index (χ4v) is 1.06. The summed E-state index contributed by atoms with van der Waals surface area (Å²) in [4.78, 5) is 5.04. The highest BCUT2D eigenvalue weighted by molar-refractivity contribution is 5.42. The van der Waals surface area contributed by atoms with E-state index in [0.29, 0.717) is 13.2 Å². The normalized spacial score (nSPS) is 10.0. The van der Waals surface area contributed by atoms with Crippen molar-refractivity contribution in [1.29, 1.82) is 0 Å². The Morgan fingerprint density at radius 2 is 2.00 bits per heavy atom. The van der Waals surface area contributed by atoms with Crippen LogP contribution < -0.4 is 11.2 Å². The maximum Gasteiger partial charge on any atom is 0.0717 e. The number of nitrogens with two attached hydrogens (primary N) is 1. The molecule has 0 saturated heterocycles. The monoisotopic (exact) mass is 180 g/mol. The summed E-state index contributed by atoms with van der Waals surface area (Å²) in [5, 5.41) is 0. The Morgan fingerprint density at radius 3 is 2.54 bits per heavy atom. The molecule has 0 spiro atoms. The van der Waals surface area contributed by atoms with Crippen LogP contribution in [0.15, 0.2) is 24.3 Å². The SMILES string of the molecule is CCONc1ccc(CCN)cc1. The summed E-state index contributed by atoms with van der Waals surface area (Å²) in [6.45, 7) is 3.29. The van der Waals surface area contributed by atoms with Crippen molar-refractivity contribution in [2.45, 2.75) is 13.3 Å². The van der Waals surface area contributed by atoms with Gasteiger partial charge >= 0.3 is 0 Å². The lowest BCUT2D eigenvalue weighted by molar-refractivity contribution is 0.210. The first-order chi connectivity index (χ1) is 6.36. The summed E-state index contributed by atoms with van der Waals surface area (Å²) in [7, 11) is 0. The van der Waals surface area contributed by atoms with Crippen LogP contribution in [0.3, 0.4) is 0 Å². The molecule has 0 amide bonds. The lowest BCUT2D eigenvalue weighted by atomic mass is 10.1. The molecule has 0 saturated carbocycles. The van der Waals surface area contributed by atoms with E-state index < -0.39 is 0 Å². The summed E-state index contributed by atoms with van der Waals surface area (Å²) in [5.41, 5.74) is 10.5. The molecule has 0 bridgehead atoms. The van der Waals surface area contributed by atoms with Gasteiger partial charge in [0.25, 0.3) is 0 Å². The van der Waals surface area contributed by atoms with E-state index in [1.807, 2.05) is 31.2 Å². The molecule has 0 aliphatic rings. The van der Waals surface area contributed by atoms with Gasteiger partial charge in [-0.1, -0.05) is 12.1 Å². The van der Waals surface area contributed by atoms with Crippen LogP contribution in [-0.2, 0) is 11.3 Å². The Morgan fingerprint density at radius 1 is 1.31 bits per heavy atom. The van der Waals surface area contributed by atoms with Crippen molar-refractivity contribution in [2.75, 3.05) is 18.6 Å². The molecule has 1 aromatic rings. The average molecular weight is 180 g/mol. The molecule has 0 heterocycles. The molecule has 1 rings (SSSR count). The zero-order chi connectivity index (χ0) is 9.52. The van der Waals surface area contributed by atoms with Crippen molar-refractivity contribution >= 4 is 5.69 Å². The minimum atomic E-state index is 0.657. The third-order valence-electron chi connectivity index (χ3n) is 1.72. The van der Waals surface area contributed by atoms with Gasteiger partial charge in [0.1, 0.15) is 0 Å². The van der Waals surface area contributed by atoms with E-state index in [4.69, 9.17) is 10.6 Å². The van der Waals surface area contributed by atoms with Crippen molar-refractivity contribution in [1.82, 2.24) is 0 Å². The number of benzene rings is 1. The quantitative estimate of drug-likeness (QED) is 0.676. The Balaban J connectivity index is 2.48. The summed E-state index contributed by atoms with van der Waals surface area (Å²) in [6.07, 6.45) is 0.926. The number of rotatable bonds is 5. The highest BCUT2D eigenvalue weighted by atomic mass is 16.6. The van der Waals surface area contributed by atoms with Gasteiger partial charge in [-0.3, -0.25) is 10.3 Å². The lowest BCUT2D eigenvalue weighted by Gasteiger charge is -2.05. The minimum Gasteiger partial charge on any atom is -0.330 e. The van der Waals surface area contributed by atoms with Gasteiger partial charge in [-0.15, -0.1) is 0 Å². The highest BCUT2D eigenvalue weighted by Crippen LogP contribution is 2.09. The molecule has 72 valence electrons. The average Bonchev–Trinajstić information content (AvgIpc) is 2.17. The van der Waals surface area contributed by atoms with Crippen LogP contribution in [0.25, 0.3) is 0 Å². The summed E-state index contributed by atoms with van der Waals surface area (Å²) in [5.74, 6) is 0. The molecular weight excluding hydrogens is 164 g/mol. The van der Waals surface area contributed by atoms with Crippen LogP contribution in [0.1, 0.15) is 12.5 Å². The van der Waals surface area contributed by atoms with Gasteiger partial charge in [0.15, 0.2) is 0 Å². The molecule has 0 atom stereocenters. The van der Waals surface area contributed by atoms with Gasteiger partial charge in [-0.2, -0.15) is 0 Å². The molecule has 3 nitrogen and oxygen atoms in total. The first-order valence-electron chi connectivity index (χ1n) is 4.53. The zero-order valence-corrected chi connectivity index (χ0v) is 7.92. The Bertz CT molecular complexity index is 233. The maximum absolute atomic E-state index is 5.44. The second-order valence-electron chi connectivity index (χ2n) is 2.77. The van der Waals surface area contributed by atoms with Crippen LogP contribution in [0, 0.1) is 0 Å². The van der Waals surface area contributed by atoms with Crippen LogP contribution in [0.4, 0.5) is 5.69 Å². The molecule has 0 fully saturated rings. The summed E-state index contributed by atoms with van der Waals surface area (Å²) < 4.78 is 0. The second kappa shape index (κ2) is 5.56. The highest BCUT2D eigenvalue weighted by Gasteiger charge is 1.92. The lowest BCUT2D eigenvalue weighted by Crippen LogP contribution is -2.03. The molecule has 0 aromatic heterocycles.